The quantitative estimate of drug-likeness (QED) is 0.375. The molecule has 1 aliphatic carbocycles. The minimum absolute atomic E-state index is 0.0279. The summed E-state index contributed by atoms with van der Waals surface area (Å²) >= 11 is 0. The average Bonchev–Trinajstić information content (AvgIpc) is 3.33. The van der Waals surface area contributed by atoms with Crippen molar-refractivity contribution in [3.8, 4) is 11.5 Å². The zero-order valence-corrected chi connectivity index (χ0v) is 20.3. The normalized spacial score (nSPS) is 14.9. The number of carbonyl (C=O) groups excluding carboxylic acids is 1. The van der Waals surface area contributed by atoms with Crippen molar-refractivity contribution in [2.45, 2.75) is 43.0 Å². The van der Waals surface area contributed by atoms with Gasteiger partial charge in [-0.1, -0.05) is 43.5 Å². The van der Waals surface area contributed by atoms with E-state index in [1.165, 1.54) is 16.4 Å². The first kappa shape index (κ1) is 23.3. The van der Waals surface area contributed by atoms with Gasteiger partial charge in [0.2, 0.25) is 15.9 Å². The van der Waals surface area contributed by atoms with Gasteiger partial charge in [-0.15, -0.1) is 0 Å². The molecule has 5 rings (SSSR count). The van der Waals surface area contributed by atoms with Gasteiger partial charge in [-0.2, -0.15) is 4.31 Å². The summed E-state index contributed by atoms with van der Waals surface area (Å²) in [7, 11) is -1.97. The van der Waals surface area contributed by atoms with E-state index in [9.17, 15) is 13.2 Å². The van der Waals surface area contributed by atoms with Crippen LogP contribution in [0, 0.1) is 0 Å². The number of hydrogen-bond acceptors (Lipinski definition) is 5. The molecule has 1 saturated carbocycles. The molecule has 8 heteroatoms. The van der Waals surface area contributed by atoms with Crippen molar-refractivity contribution in [2.24, 2.45) is 0 Å². The molecular weight excluding hydrogens is 462 g/mol. The van der Waals surface area contributed by atoms with Crippen molar-refractivity contribution in [2.75, 3.05) is 12.4 Å². The zero-order chi connectivity index (χ0) is 24.4. The molecule has 180 valence electrons. The first-order valence-electron chi connectivity index (χ1n) is 11.8. The van der Waals surface area contributed by atoms with Crippen LogP contribution in [0.15, 0.2) is 82.1 Å². The molecule has 0 aliphatic heterocycles. The number of hydrogen-bond donors (Lipinski definition) is 1. The minimum atomic E-state index is -3.61. The lowest BCUT2D eigenvalue weighted by atomic mass is 9.96. The first-order valence-corrected chi connectivity index (χ1v) is 13.2. The molecule has 1 fully saturated rings. The molecule has 0 bridgehead atoms. The number of anilines is 1. The van der Waals surface area contributed by atoms with Crippen LogP contribution in [0.5, 0.6) is 0 Å². The van der Waals surface area contributed by atoms with Crippen molar-refractivity contribution in [1.82, 2.24) is 9.29 Å². The van der Waals surface area contributed by atoms with Gasteiger partial charge in [0.15, 0.2) is 5.58 Å². The summed E-state index contributed by atoms with van der Waals surface area (Å²) in [4.78, 5) is 17.7. The molecule has 0 saturated heterocycles. The van der Waals surface area contributed by atoms with Crippen LogP contribution in [0.4, 0.5) is 5.69 Å². The maximum Gasteiger partial charge on any atom is 0.255 e. The van der Waals surface area contributed by atoms with Crippen molar-refractivity contribution < 1.29 is 17.6 Å². The molecular formula is C27H27N3O4S. The molecule has 0 unspecified atom stereocenters. The Bertz CT molecular complexity index is 1420. The smallest absolute Gasteiger partial charge is 0.255 e. The van der Waals surface area contributed by atoms with Gasteiger partial charge in [0.1, 0.15) is 5.52 Å². The number of amides is 1. The molecule has 1 heterocycles. The van der Waals surface area contributed by atoms with E-state index in [1.54, 1.807) is 25.2 Å². The standard InChI is InChI=1S/C27H27N3O4S/c1-30(20-9-3-2-4-10-20)35(32,33)21-17-15-19(16-18-21)26(31)28-23-12-6-5-11-22(23)27-29-24-13-7-8-14-25(24)34-27/h5-8,11-18,20H,2-4,9-10H2,1H3,(H,28,31). The summed E-state index contributed by atoms with van der Waals surface area (Å²) in [6.45, 7) is 0. The molecule has 4 aromatic rings. The number of nitrogens with zero attached hydrogens (tertiary/aromatic N) is 2. The maximum absolute atomic E-state index is 13.1. The van der Waals surface area contributed by atoms with E-state index in [-0.39, 0.29) is 16.8 Å². The zero-order valence-electron chi connectivity index (χ0n) is 19.5. The Labute approximate surface area is 204 Å². The van der Waals surface area contributed by atoms with Crippen molar-refractivity contribution in [3.63, 3.8) is 0 Å². The Morgan fingerprint density at radius 1 is 0.943 bits per heavy atom. The monoisotopic (exact) mass is 489 g/mol. The summed E-state index contributed by atoms with van der Waals surface area (Å²) in [6, 6.07) is 20.8. The van der Waals surface area contributed by atoms with Crippen LogP contribution in [0.3, 0.4) is 0 Å². The van der Waals surface area contributed by atoms with E-state index < -0.39 is 10.0 Å². The van der Waals surface area contributed by atoms with Gasteiger partial charge in [0.25, 0.3) is 5.91 Å². The van der Waals surface area contributed by atoms with Crippen LogP contribution in [0.25, 0.3) is 22.6 Å². The Hall–Kier alpha value is -3.49. The molecule has 0 spiro atoms. The number of para-hydroxylation sites is 3. The summed E-state index contributed by atoms with van der Waals surface area (Å²) in [5.74, 6) is 0.0624. The number of oxazole rings is 1. The highest BCUT2D eigenvalue weighted by atomic mass is 32.2. The third kappa shape index (κ3) is 4.72. The van der Waals surface area contributed by atoms with Crippen LogP contribution < -0.4 is 5.32 Å². The molecule has 7 nitrogen and oxygen atoms in total. The van der Waals surface area contributed by atoms with Gasteiger partial charge in [-0.25, -0.2) is 13.4 Å². The van der Waals surface area contributed by atoms with E-state index >= 15 is 0 Å². The minimum Gasteiger partial charge on any atom is -0.436 e. The summed E-state index contributed by atoms with van der Waals surface area (Å²) in [5.41, 5.74) is 2.97. The van der Waals surface area contributed by atoms with Crippen molar-refractivity contribution >= 4 is 32.7 Å². The molecule has 1 aromatic heterocycles. The molecule has 1 aliphatic rings. The summed E-state index contributed by atoms with van der Waals surface area (Å²) in [5, 5.41) is 2.90. The van der Waals surface area contributed by atoms with Crippen molar-refractivity contribution in [3.05, 3.63) is 78.4 Å². The Morgan fingerprint density at radius 2 is 1.63 bits per heavy atom. The number of fused-ring (bicyclic) bond motifs is 1. The number of benzene rings is 3. The lowest BCUT2D eigenvalue weighted by molar-refractivity contribution is 0.102. The summed E-state index contributed by atoms with van der Waals surface area (Å²) in [6.07, 6.45) is 5.03. The predicted octanol–water partition coefficient (Wildman–Crippen LogP) is 5.70. The van der Waals surface area contributed by atoms with Gasteiger partial charge in [-0.05, 0) is 61.4 Å². The molecule has 1 amide bonds. The average molecular weight is 490 g/mol. The van der Waals surface area contributed by atoms with Gasteiger partial charge < -0.3 is 9.73 Å². The van der Waals surface area contributed by atoms with Gasteiger partial charge in [0.05, 0.1) is 16.1 Å². The van der Waals surface area contributed by atoms with Crippen LogP contribution in [0.1, 0.15) is 42.5 Å². The Kier molecular flexibility index (Phi) is 6.40. The fourth-order valence-electron chi connectivity index (χ4n) is 4.55. The predicted molar refractivity (Wildman–Crippen MR) is 136 cm³/mol. The lowest BCUT2D eigenvalue weighted by Gasteiger charge is -2.30. The SMILES string of the molecule is CN(C1CCCCC1)S(=O)(=O)c1ccc(C(=O)Nc2ccccc2-c2nc3ccccc3o2)cc1. The number of rotatable bonds is 6. The Balaban J connectivity index is 1.35. The highest BCUT2D eigenvalue weighted by molar-refractivity contribution is 7.89. The van der Waals surface area contributed by atoms with E-state index in [0.29, 0.717) is 28.3 Å². The number of sulfonamides is 1. The number of aromatic nitrogens is 1. The third-order valence-electron chi connectivity index (χ3n) is 6.58. The molecule has 35 heavy (non-hydrogen) atoms. The number of carbonyl (C=O) groups is 1. The third-order valence-corrected chi connectivity index (χ3v) is 8.51. The second-order valence-corrected chi connectivity index (χ2v) is 10.8. The van der Waals surface area contributed by atoms with E-state index in [0.717, 1.165) is 37.6 Å². The van der Waals surface area contributed by atoms with Crippen LogP contribution in [0.2, 0.25) is 0 Å². The van der Waals surface area contributed by atoms with Crippen LogP contribution in [-0.4, -0.2) is 36.7 Å². The van der Waals surface area contributed by atoms with Crippen LogP contribution >= 0.6 is 0 Å². The van der Waals surface area contributed by atoms with Gasteiger partial charge >= 0.3 is 0 Å². The van der Waals surface area contributed by atoms with E-state index in [4.69, 9.17) is 4.42 Å². The molecule has 0 radical (unpaired) electrons. The Morgan fingerprint density at radius 3 is 2.37 bits per heavy atom. The largest absolute Gasteiger partial charge is 0.436 e. The molecule has 0 atom stereocenters. The van der Waals surface area contributed by atoms with Crippen LogP contribution in [-0.2, 0) is 10.0 Å². The second kappa shape index (κ2) is 9.64. The molecule has 1 N–H and O–H groups in total. The lowest BCUT2D eigenvalue weighted by Crippen LogP contribution is -2.38. The topological polar surface area (TPSA) is 92.5 Å². The van der Waals surface area contributed by atoms with E-state index in [2.05, 4.69) is 10.3 Å². The summed E-state index contributed by atoms with van der Waals surface area (Å²) < 4.78 is 33.5. The first-order chi connectivity index (χ1) is 16.9. The highest BCUT2D eigenvalue weighted by Crippen LogP contribution is 2.31. The fraction of sp³-hybridized carbons (Fsp3) is 0.259. The van der Waals surface area contributed by atoms with E-state index in [1.807, 2.05) is 42.5 Å². The highest BCUT2D eigenvalue weighted by Gasteiger charge is 2.29. The van der Waals surface area contributed by atoms with Gasteiger partial charge in [0, 0.05) is 18.7 Å². The number of nitrogens with one attached hydrogen (secondary N) is 1. The maximum atomic E-state index is 13.1. The second-order valence-electron chi connectivity index (χ2n) is 8.82. The van der Waals surface area contributed by atoms with Gasteiger partial charge in [-0.3, -0.25) is 4.79 Å². The molecule has 3 aromatic carbocycles. The van der Waals surface area contributed by atoms with Crippen molar-refractivity contribution in [1.29, 1.82) is 0 Å². The fourth-order valence-corrected chi connectivity index (χ4v) is 5.96.